The Bertz CT molecular complexity index is 1900. The predicted octanol–water partition coefficient (Wildman–Crippen LogP) is -2.65. The van der Waals surface area contributed by atoms with E-state index in [-0.39, 0.29) is 81.7 Å². The molecule has 1 rings (SSSR count). The monoisotopic (exact) mass is 1010 g/mol. The van der Waals surface area contributed by atoms with Gasteiger partial charge in [0.1, 0.15) is 48.3 Å². The summed E-state index contributed by atoms with van der Waals surface area (Å²) in [5, 5.41) is 46.6. The van der Waals surface area contributed by atoms with Gasteiger partial charge in [-0.15, -0.1) is 0 Å². The zero-order chi connectivity index (χ0) is 54.3. The Morgan fingerprint density at radius 1 is 0.577 bits per heavy atom. The number of likely N-dealkylation sites (tertiary alicyclic amines) is 1. The standard InChI is InChI=1S/C45H79N13O13/c1-22(2)19-27(46)37(63)56-31(20-23(3)4)41(67)54-29(13-15-34(47)59)38(64)51-25(7)36(62)53-30(14-16-35(60)61)39(65)52-26(8)43(69)58-18-10-12-33(58)42(68)55-28(11-9-17-50-45(48)49)40(66)57-32(44(70)71)21-24(5)6/h22-33H,9-21,46H2,1-8H3,(H2,47,59)(H,51,64)(H,52,65)(H,53,62)(H,54,67)(H,55,68)(H,56,63)(H,57,66)(H,60,61)(H,70,71)(H4,48,49,50)/t25-,26-,27-,28-,29-,30-,31-,32-,33-/m0/s1. The number of carbonyl (C=O) groups excluding carboxylic acids is 9. The van der Waals surface area contributed by atoms with Crippen molar-refractivity contribution in [3.63, 3.8) is 0 Å². The number of hydrogen-bond acceptors (Lipinski definition) is 13. The molecule has 17 N–H and O–H groups in total. The van der Waals surface area contributed by atoms with Crippen molar-refractivity contribution in [1.29, 1.82) is 5.41 Å². The lowest BCUT2D eigenvalue weighted by Crippen LogP contribution is -2.59. The van der Waals surface area contributed by atoms with E-state index in [4.69, 9.17) is 22.6 Å². The van der Waals surface area contributed by atoms with Crippen molar-refractivity contribution < 1.29 is 63.0 Å². The van der Waals surface area contributed by atoms with Crippen molar-refractivity contribution in [3.8, 4) is 0 Å². The summed E-state index contributed by atoms with van der Waals surface area (Å²) in [7, 11) is 0. The van der Waals surface area contributed by atoms with Crippen molar-refractivity contribution in [1.82, 2.24) is 47.4 Å². The number of carbonyl (C=O) groups is 11. The van der Waals surface area contributed by atoms with Crippen LogP contribution in [-0.2, 0) is 52.7 Å². The van der Waals surface area contributed by atoms with E-state index in [1.165, 1.54) is 18.7 Å². The normalized spacial score (nSPS) is 16.7. The molecule has 9 atom stereocenters. The number of aliphatic carboxylic acids is 2. The number of rotatable bonds is 32. The lowest BCUT2D eigenvalue weighted by Gasteiger charge is -2.30. The van der Waals surface area contributed by atoms with E-state index in [2.05, 4.69) is 42.5 Å². The number of hydrogen-bond donors (Lipinski definition) is 14. The van der Waals surface area contributed by atoms with Gasteiger partial charge in [0, 0.05) is 25.9 Å². The molecule has 9 amide bonds. The van der Waals surface area contributed by atoms with Crippen LogP contribution in [0.2, 0.25) is 0 Å². The van der Waals surface area contributed by atoms with Crippen LogP contribution in [0.1, 0.15) is 126 Å². The van der Waals surface area contributed by atoms with Crippen molar-refractivity contribution in [3.05, 3.63) is 0 Å². The molecule has 0 spiro atoms. The highest BCUT2D eigenvalue weighted by Gasteiger charge is 2.39. The van der Waals surface area contributed by atoms with Gasteiger partial charge in [-0.3, -0.25) is 53.4 Å². The quantitative estimate of drug-likeness (QED) is 0.0186. The summed E-state index contributed by atoms with van der Waals surface area (Å²) in [6.07, 6.45) is -0.363. The van der Waals surface area contributed by atoms with Crippen LogP contribution in [0.25, 0.3) is 0 Å². The molecule has 1 heterocycles. The molecule has 0 aromatic heterocycles. The summed E-state index contributed by atoms with van der Waals surface area (Å²) in [6, 6.07) is -11.4. The first-order chi connectivity index (χ1) is 33.0. The van der Waals surface area contributed by atoms with E-state index in [1.54, 1.807) is 13.8 Å². The minimum atomic E-state index is -1.57. The third-order valence-corrected chi connectivity index (χ3v) is 11.3. The molecule has 0 unspecified atom stereocenters. The molecular weight excluding hydrogens is 931 g/mol. The molecule has 26 heteroatoms. The second-order valence-electron chi connectivity index (χ2n) is 19.2. The van der Waals surface area contributed by atoms with Crippen LogP contribution in [-0.4, -0.2) is 154 Å². The molecule has 0 aromatic carbocycles. The highest BCUT2D eigenvalue weighted by Crippen LogP contribution is 2.20. The molecule has 1 fully saturated rings. The SMILES string of the molecule is CC(C)C[C@H](NC(=O)[C@H](CCCNC(=N)N)NC(=O)[C@@H]1CCCN1C(=O)[C@H](C)NC(=O)[C@H](CCC(=O)O)NC(=O)[C@H](C)NC(=O)[C@H](CCC(N)=O)NC(=O)[C@H](CC(C)C)NC(=O)[C@@H](N)CC(C)C)C(=O)O. The third-order valence-electron chi connectivity index (χ3n) is 11.3. The second-order valence-corrected chi connectivity index (χ2v) is 19.2. The Morgan fingerprint density at radius 2 is 1.04 bits per heavy atom. The van der Waals surface area contributed by atoms with E-state index in [1.807, 2.05) is 27.7 Å². The van der Waals surface area contributed by atoms with E-state index in [0.29, 0.717) is 12.8 Å². The minimum Gasteiger partial charge on any atom is -0.481 e. The van der Waals surface area contributed by atoms with Crippen molar-refractivity contribution in [2.24, 2.45) is 35.0 Å². The van der Waals surface area contributed by atoms with Crippen LogP contribution >= 0.6 is 0 Å². The third kappa shape index (κ3) is 23.7. The largest absolute Gasteiger partial charge is 0.481 e. The summed E-state index contributed by atoms with van der Waals surface area (Å²) >= 11 is 0. The number of guanidine groups is 1. The molecular formula is C45H79N13O13. The number of amides is 9. The minimum absolute atomic E-state index is 0.00561. The lowest BCUT2D eigenvalue weighted by atomic mass is 10.00. The molecule has 0 bridgehead atoms. The molecule has 71 heavy (non-hydrogen) atoms. The van der Waals surface area contributed by atoms with E-state index in [9.17, 15) is 63.0 Å². The summed E-state index contributed by atoms with van der Waals surface area (Å²) in [5.74, 6) is -10.3. The van der Waals surface area contributed by atoms with Crippen LogP contribution in [0.3, 0.4) is 0 Å². The van der Waals surface area contributed by atoms with E-state index in [0.717, 1.165) is 0 Å². The Hall–Kier alpha value is -6.60. The first kappa shape index (κ1) is 62.4. The zero-order valence-electron chi connectivity index (χ0n) is 42.2. The van der Waals surface area contributed by atoms with Gasteiger partial charge >= 0.3 is 11.9 Å². The second kappa shape index (κ2) is 30.9. The van der Waals surface area contributed by atoms with Gasteiger partial charge in [-0.25, -0.2) is 4.79 Å². The van der Waals surface area contributed by atoms with E-state index >= 15 is 0 Å². The van der Waals surface area contributed by atoms with Gasteiger partial charge in [0.15, 0.2) is 5.96 Å². The van der Waals surface area contributed by atoms with Crippen molar-refractivity contribution in [2.75, 3.05) is 13.1 Å². The molecule has 26 nitrogen and oxygen atoms in total. The molecule has 402 valence electrons. The molecule has 0 radical (unpaired) electrons. The predicted molar refractivity (Wildman–Crippen MR) is 258 cm³/mol. The maximum Gasteiger partial charge on any atom is 0.326 e. The lowest BCUT2D eigenvalue weighted by molar-refractivity contribution is -0.143. The summed E-state index contributed by atoms with van der Waals surface area (Å²) in [4.78, 5) is 145. The van der Waals surface area contributed by atoms with Crippen LogP contribution in [0.15, 0.2) is 0 Å². The van der Waals surface area contributed by atoms with Gasteiger partial charge in [-0.2, -0.15) is 0 Å². The van der Waals surface area contributed by atoms with Gasteiger partial charge in [-0.05, 0) is 89.4 Å². The van der Waals surface area contributed by atoms with Gasteiger partial charge < -0.3 is 74.8 Å². The molecule has 0 aromatic rings. The van der Waals surface area contributed by atoms with Gasteiger partial charge in [0.05, 0.1) is 6.04 Å². The van der Waals surface area contributed by atoms with Crippen molar-refractivity contribution in [2.45, 2.75) is 180 Å². The Labute approximate surface area is 414 Å². The Morgan fingerprint density at radius 3 is 1.56 bits per heavy atom. The fraction of sp³-hybridized carbons (Fsp3) is 0.733. The number of primary amides is 1. The zero-order valence-corrected chi connectivity index (χ0v) is 42.2. The smallest absolute Gasteiger partial charge is 0.326 e. The number of nitrogens with zero attached hydrogens (tertiary/aromatic N) is 1. The van der Waals surface area contributed by atoms with E-state index < -0.39 is 132 Å². The van der Waals surface area contributed by atoms with Gasteiger partial charge in [0.2, 0.25) is 53.2 Å². The maximum atomic E-state index is 13.8. The highest BCUT2D eigenvalue weighted by molar-refractivity contribution is 5.98. The topological polar surface area (TPSA) is 430 Å². The Kier molecular flexibility index (Phi) is 27.2. The number of carboxylic acids is 2. The Balaban J connectivity index is 3.21. The van der Waals surface area contributed by atoms with Gasteiger partial charge in [-0.1, -0.05) is 41.5 Å². The van der Waals surface area contributed by atoms with Crippen LogP contribution in [0, 0.1) is 23.2 Å². The average Bonchev–Trinajstić information content (AvgIpc) is 3.76. The fourth-order valence-electron chi connectivity index (χ4n) is 7.60. The molecule has 0 aliphatic carbocycles. The molecule has 0 saturated carbocycles. The van der Waals surface area contributed by atoms with Gasteiger partial charge in [0.25, 0.3) is 0 Å². The highest BCUT2D eigenvalue weighted by atomic mass is 16.4. The summed E-state index contributed by atoms with van der Waals surface area (Å²) < 4.78 is 0. The molecule has 1 aliphatic rings. The average molecular weight is 1010 g/mol. The van der Waals surface area contributed by atoms with Crippen LogP contribution in [0.5, 0.6) is 0 Å². The summed E-state index contributed by atoms with van der Waals surface area (Å²) in [5.41, 5.74) is 16.7. The number of carboxylic acid groups (broad SMARTS) is 2. The molecule has 1 aliphatic heterocycles. The van der Waals surface area contributed by atoms with Crippen LogP contribution in [0.4, 0.5) is 0 Å². The number of nitrogens with one attached hydrogen (secondary N) is 9. The number of nitrogens with two attached hydrogens (primary N) is 3. The molecule has 1 saturated heterocycles. The first-order valence-electron chi connectivity index (χ1n) is 24.0. The first-order valence-corrected chi connectivity index (χ1v) is 24.0. The van der Waals surface area contributed by atoms with Crippen LogP contribution < -0.4 is 59.7 Å². The fourth-order valence-corrected chi connectivity index (χ4v) is 7.60. The summed E-state index contributed by atoms with van der Waals surface area (Å²) in [6.45, 7) is 13.7. The maximum absolute atomic E-state index is 13.8. The van der Waals surface area contributed by atoms with Crippen molar-refractivity contribution >= 4 is 71.1 Å².